The summed E-state index contributed by atoms with van der Waals surface area (Å²) in [6.45, 7) is 4.02. The Hall–Kier alpha value is -1.51. The molecule has 0 aliphatic carbocycles. The van der Waals surface area contributed by atoms with Crippen LogP contribution in [0.3, 0.4) is 0 Å². The van der Waals surface area contributed by atoms with Gasteiger partial charge in [-0.15, -0.1) is 0 Å². The van der Waals surface area contributed by atoms with Crippen molar-refractivity contribution in [2.45, 2.75) is 19.8 Å². The lowest BCUT2D eigenvalue weighted by molar-refractivity contribution is 0.510. The van der Waals surface area contributed by atoms with Gasteiger partial charge in [-0.3, -0.25) is 4.98 Å². The van der Waals surface area contributed by atoms with E-state index >= 15 is 0 Å². The van der Waals surface area contributed by atoms with Crippen molar-refractivity contribution in [3.63, 3.8) is 0 Å². The Kier molecular flexibility index (Phi) is 2.39. The van der Waals surface area contributed by atoms with E-state index in [2.05, 4.69) is 4.98 Å². The first-order valence-corrected chi connectivity index (χ1v) is 4.83. The van der Waals surface area contributed by atoms with Crippen molar-refractivity contribution >= 4 is 10.9 Å². The molecule has 0 spiro atoms. The normalized spacial score (nSPS) is 11.3. The lowest BCUT2D eigenvalue weighted by Gasteiger charge is -2.09. The number of hydrogen-bond donors (Lipinski definition) is 0. The molecule has 0 radical (unpaired) electrons. The van der Waals surface area contributed by atoms with Crippen LogP contribution in [-0.2, 0) is 0 Å². The predicted molar refractivity (Wildman–Crippen MR) is 55.7 cm³/mol. The largest absolute Gasteiger partial charge is 0.256 e. The highest BCUT2D eigenvalue weighted by atomic mass is 19.2. The summed E-state index contributed by atoms with van der Waals surface area (Å²) in [5, 5.41) is 0.686. The number of aromatic nitrogens is 1. The van der Waals surface area contributed by atoms with E-state index in [0.717, 1.165) is 11.6 Å². The second-order valence-corrected chi connectivity index (χ2v) is 3.84. The molecule has 3 heteroatoms. The van der Waals surface area contributed by atoms with Gasteiger partial charge in [-0.2, -0.15) is 0 Å². The van der Waals surface area contributed by atoms with E-state index < -0.39 is 11.6 Å². The standard InChI is InChI=1S/C12H11F2N/c1-7(2)8-3-4-15-12-6-11(14)10(13)5-9(8)12/h3-7H,1-2H3. The first-order valence-electron chi connectivity index (χ1n) is 4.83. The molecule has 1 aromatic carbocycles. The number of halogens is 2. The molecular formula is C12H11F2N. The average Bonchev–Trinajstić information content (AvgIpc) is 2.18. The van der Waals surface area contributed by atoms with Crippen molar-refractivity contribution in [2.24, 2.45) is 0 Å². The molecule has 0 fully saturated rings. The Labute approximate surface area is 86.8 Å². The van der Waals surface area contributed by atoms with Crippen LogP contribution in [0.15, 0.2) is 24.4 Å². The summed E-state index contributed by atoms with van der Waals surface area (Å²) in [5.74, 6) is -1.41. The Bertz CT molecular complexity index is 506. The van der Waals surface area contributed by atoms with Crippen LogP contribution in [0.25, 0.3) is 10.9 Å². The number of pyridine rings is 1. The maximum atomic E-state index is 13.1. The molecule has 0 aliphatic rings. The van der Waals surface area contributed by atoms with E-state index in [4.69, 9.17) is 0 Å². The molecule has 0 bridgehead atoms. The van der Waals surface area contributed by atoms with Crippen molar-refractivity contribution in [3.05, 3.63) is 41.6 Å². The second kappa shape index (κ2) is 3.57. The van der Waals surface area contributed by atoms with Crippen LogP contribution in [0.4, 0.5) is 8.78 Å². The molecule has 0 amide bonds. The van der Waals surface area contributed by atoms with Crippen LogP contribution in [-0.4, -0.2) is 4.98 Å². The Balaban J connectivity index is 2.80. The summed E-state index contributed by atoms with van der Waals surface area (Å²) >= 11 is 0. The summed E-state index contributed by atoms with van der Waals surface area (Å²) in [4.78, 5) is 4.02. The molecule has 2 rings (SSSR count). The van der Waals surface area contributed by atoms with Gasteiger partial charge in [0, 0.05) is 17.6 Å². The summed E-state index contributed by atoms with van der Waals surface area (Å²) < 4.78 is 26.1. The lowest BCUT2D eigenvalue weighted by Crippen LogP contribution is -1.93. The molecule has 0 saturated carbocycles. The molecular weight excluding hydrogens is 196 g/mol. The van der Waals surface area contributed by atoms with Crippen LogP contribution in [0.2, 0.25) is 0 Å². The zero-order valence-corrected chi connectivity index (χ0v) is 8.59. The Morgan fingerprint density at radius 1 is 1.13 bits per heavy atom. The zero-order valence-electron chi connectivity index (χ0n) is 8.59. The lowest BCUT2D eigenvalue weighted by atomic mass is 9.99. The predicted octanol–water partition coefficient (Wildman–Crippen LogP) is 3.64. The Morgan fingerprint density at radius 3 is 2.47 bits per heavy atom. The van der Waals surface area contributed by atoms with E-state index in [-0.39, 0.29) is 5.92 Å². The summed E-state index contributed by atoms with van der Waals surface area (Å²) in [5.41, 5.74) is 1.49. The summed E-state index contributed by atoms with van der Waals surface area (Å²) in [6, 6.07) is 4.19. The van der Waals surface area contributed by atoms with Gasteiger partial charge >= 0.3 is 0 Å². The van der Waals surface area contributed by atoms with Gasteiger partial charge in [0.1, 0.15) is 0 Å². The van der Waals surface area contributed by atoms with Gasteiger partial charge in [0.25, 0.3) is 0 Å². The number of nitrogens with zero attached hydrogens (tertiary/aromatic N) is 1. The fraction of sp³-hybridized carbons (Fsp3) is 0.250. The van der Waals surface area contributed by atoms with Crippen molar-refractivity contribution in [2.75, 3.05) is 0 Å². The van der Waals surface area contributed by atoms with Gasteiger partial charge in [0.05, 0.1) is 5.52 Å². The second-order valence-electron chi connectivity index (χ2n) is 3.84. The quantitative estimate of drug-likeness (QED) is 0.695. The molecule has 78 valence electrons. The fourth-order valence-corrected chi connectivity index (χ4v) is 1.67. The van der Waals surface area contributed by atoms with Gasteiger partial charge in [-0.05, 0) is 23.6 Å². The molecule has 1 nitrogen and oxygen atoms in total. The van der Waals surface area contributed by atoms with E-state index in [1.54, 1.807) is 6.20 Å². The van der Waals surface area contributed by atoms with Gasteiger partial charge in [0.2, 0.25) is 0 Å². The van der Waals surface area contributed by atoms with E-state index in [1.807, 2.05) is 19.9 Å². The van der Waals surface area contributed by atoms with E-state index in [1.165, 1.54) is 6.07 Å². The molecule has 0 N–H and O–H groups in total. The van der Waals surface area contributed by atoms with Crippen molar-refractivity contribution in [3.8, 4) is 0 Å². The third-order valence-corrected chi connectivity index (χ3v) is 2.44. The monoisotopic (exact) mass is 207 g/mol. The van der Waals surface area contributed by atoms with Crippen LogP contribution in [0.1, 0.15) is 25.3 Å². The third kappa shape index (κ3) is 1.69. The molecule has 1 heterocycles. The molecule has 15 heavy (non-hydrogen) atoms. The molecule has 1 aromatic heterocycles. The minimum absolute atomic E-state index is 0.264. The van der Waals surface area contributed by atoms with Crippen molar-refractivity contribution in [1.82, 2.24) is 4.98 Å². The molecule has 0 saturated heterocycles. The summed E-state index contributed by atoms with van der Waals surface area (Å²) in [6.07, 6.45) is 1.62. The Morgan fingerprint density at radius 2 is 1.80 bits per heavy atom. The van der Waals surface area contributed by atoms with Crippen LogP contribution >= 0.6 is 0 Å². The summed E-state index contributed by atoms with van der Waals surface area (Å²) in [7, 11) is 0. The van der Waals surface area contributed by atoms with Gasteiger partial charge in [0.15, 0.2) is 11.6 Å². The smallest absolute Gasteiger partial charge is 0.161 e. The maximum Gasteiger partial charge on any atom is 0.161 e. The van der Waals surface area contributed by atoms with Crippen molar-refractivity contribution in [1.29, 1.82) is 0 Å². The molecule has 2 aromatic rings. The van der Waals surface area contributed by atoms with Crippen LogP contribution in [0.5, 0.6) is 0 Å². The number of rotatable bonds is 1. The first kappa shape index (κ1) is 10.0. The minimum atomic E-state index is -0.851. The molecule has 0 unspecified atom stereocenters. The number of hydrogen-bond acceptors (Lipinski definition) is 1. The zero-order chi connectivity index (χ0) is 11.0. The molecule has 0 atom stereocenters. The first-order chi connectivity index (χ1) is 7.09. The third-order valence-electron chi connectivity index (χ3n) is 2.44. The maximum absolute atomic E-state index is 13.1. The van der Waals surface area contributed by atoms with Gasteiger partial charge in [-0.25, -0.2) is 8.78 Å². The van der Waals surface area contributed by atoms with E-state index in [0.29, 0.717) is 10.9 Å². The number of benzene rings is 1. The van der Waals surface area contributed by atoms with Gasteiger partial charge < -0.3 is 0 Å². The topological polar surface area (TPSA) is 12.9 Å². The van der Waals surface area contributed by atoms with Crippen molar-refractivity contribution < 1.29 is 8.78 Å². The van der Waals surface area contributed by atoms with Crippen LogP contribution in [0, 0.1) is 11.6 Å². The van der Waals surface area contributed by atoms with E-state index in [9.17, 15) is 8.78 Å². The average molecular weight is 207 g/mol. The highest BCUT2D eigenvalue weighted by Crippen LogP contribution is 2.25. The highest BCUT2D eigenvalue weighted by molar-refractivity contribution is 5.82. The molecule has 0 aliphatic heterocycles. The highest BCUT2D eigenvalue weighted by Gasteiger charge is 2.09. The fourth-order valence-electron chi connectivity index (χ4n) is 1.67. The SMILES string of the molecule is CC(C)c1ccnc2cc(F)c(F)cc12. The minimum Gasteiger partial charge on any atom is -0.256 e. The number of fused-ring (bicyclic) bond motifs is 1. The van der Waals surface area contributed by atoms with Crippen LogP contribution < -0.4 is 0 Å². The van der Waals surface area contributed by atoms with Gasteiger partial charge in [-0.1, -0.05) is 13.8 Å².